The molecular weight excluding hydrogens is 300 g/mol. The summed E-state index contributed by atoms with van der Waals surface area (Å²) in [5, 5.41) is 8.00. The smallest absolute Gasteiger partial charge is 0.170 e. The quantitative estimate of drug-likeness (QED) is 0.609. The third-order valence-corrected chi connectivity index (χ3v) is 5.27. The average molecular weight is 325 g/mol. The number of hydrogen-bond donors (Lipinski definition) is 2. The summed E-state index contributed by atoms with van der Waals surface area (Å²) >= 11 is 7.39. The minimum atomic E-state index is 0.685. The molecule has 0 bridgehead atoms. The highest BCUT2D eigenvalue weighted by Gasteiger charge is 2.12. The number of ether oxygens (including phenoxy) is 1. The fraction of sp³-hybridized carbons (Fsp3) is 0.562. The number of nitrogens with one attached hydrogen (secondary N) is 2. The van der Waals surface area contributed by atoms with Gasteiger partial charge in [0.05, 0.1) is 7.11 Å². The van der Waals surface area contributed by atoms with Gasteiger partial charge in [0, 0.05) is 23.2 Å². The molecule has 0 amide bonds. The van der Waals surface area contributed by atoms with E-state index in [4.69, 9.17) is 17.0 Å². The normalized spacial score (nSPS) is 15.5. The summed E-state index contributed by atoms with van der Waals surface area (Å²) in [6.07, 6.45) is 7.01. The summed E-state index contributed by atoms with van der Waals surface area (Å²) in [4.78, 5) is 0. The Labute approximate surface area is 137 Å². The van der Waals surface area contributed by atoms with Gasteiger partial charge in [-0.05, 0) is 49.3 Å². The molecule has 0 unspecified atom stereocenters. The lowest BCUT2D eigenvalue weighted by atomic mass is 10.0. The number of thioether (sulfide) groups is 1. The van der Waals surface area contributed by atoms with E-state index < -0.39 is 0 Å². The Hall–Kier alpha value is -0.940. The zero-order valence-corrected chi connectivity index (χ0v) is 14.2. The molecule has 5 heteroatoms. The van der Waals surface area contributed by atoms with Crippen LogP contribution < -0.4 is 15.4 Å². The molecule has 21 heavy (non-hydrogen) atoms. The number of anilines is 1. The van der Waals surface area contributed by atoms with Crippen LogP contribution in [0.25, 0.3) is 0 Å². The molecule has 0 aliphatic heterocycles. The van der Waals surface area contributed by atoms with E-state index >= 15 is 0 Å². The van der Waals surface area contributed by atoms with Gasteiger partial charge < -0.3 is 15.4 Å². The third kappa shape index (κ3) is 6.14. The van der Waals surface area contributed by atoms with E-state index in [1.54, 1.807) is 7.11 Å². The van der Waals surface area contributed by atoms with Gasteiger partial charge in [0.15, 0.2) is 5.11 Å². The van der Waals surface area contributed by atoms with Crippen molar-refractivity contribution in [2.24, 2.45) is 0 Å². The molecule has 0 atom stereocenters. The van der Waals surface area contributed by atoms with Crippen LogP contribution >= 0.6 is 24.0 Å². The summed E-state index contributed by atoms with van der Waals surface area (Å²) in [7, 11) is 1.67. The van der Waals surface area contributed by atoms with Crippen molar-refractivity contribution < 1.29 is 4.74 Å². The number of benzene rings is 1. The molecule has 0 radical (unpaired) electrons. The highest BCUT2D eigenvalue weighted by molar-refractivity contribution is 7.99. The van der Waals surface area contributed by atoms with Crippen molar-refractivity contribution in [3.8, 4) is 5.75 Å². The fourth-order valence-corrected chi connectivity index (χ4v) is 3.91. The average Bonchev–Trinajstić information content (AvgIpc) is 2.53. The van der Waals surface area contributed by atoms with Crippen LogP contribution in [0, 0.1) is 0 Å². The lowest BCUT2D eigenvalue weighted by molar-refractivity contribution is 0.415. The van der Waals surface area contributed by atoms with Gasteiger partial charge in [0.1, 0.15) is 5.75 Å². The van der Waals surface area contributed by atoms with E-state index in [0.717, 1.165) is 29.0 Å². The van der Waals surface area contributed by atoms with Crippen molar-refractivity contribution in [2.45, 2.75) is 37.4 Å². The maximum absolute atomic E-state index is 5.30. The molecule has 116 valence electrons. The van der Waals surface area contributed by atoms with Crippen LogP contribution in [0.5, 0.6) is 5.75 Å². The zero-order valence-electron chi connectivity index (χ0n) is 12.6. The van der Waals surface area contributed by atoms with Crippen molar-refractivity contribution in [1.82, 2.24) is 5.32 Å². The van der Waals surface area contributed by atoms with E-state index in [1.165, 1.54) is 32.1 Å². The molecule has 1 aliphatic rings. The standard InChI is InChI=1S/C16H24N2OS2/c1-19-14-9-7-13(8-10-14)18-16(20)17-11-12-21-15-5-3-2-4-6-15/h7-10,15H,2-6,11-12H2,1H3,(H2,17,18,20). The molecular formula is C16H24N2OS2. The Morgan fingerprint density at radius 2 is 1.95 bits per heavy atom. The minimum absolute atomic E-state index is 0.685. The Kier molecular flexibility index (Phi) is 7.16. The Bertz CT molecular complexity index is 430. The summed E-state index contributed by atoms with van der Waals surface area (Å²) < 4.78 is 5.13. The Morgan fingerprint density at radius 3 is 2.62 bits per heavy atom. The second-order valence-corrected chi connectivity index (χ2v) is 7.06. The largest absolute Gasteiger partial charge is 0.497 e. The van der Waals surface area contributed by atoms with E-state index in [2.05, 4.69) is 22.4 Å². The predicted molar refractivity (Wildman–Crippen MR) is 96.5 cm³/mol. The van der Waals surface area contributed by atoms with Crippen LogP contribution in [-0.2, 0) is 0 Å². The highest BCUT2D eigenvalue weighted by Crippen LogP contribution is 2.27. The number of methoxy groups -OCH3 is 1. The second-order valence-electron chi connectivity index (χ2n) is 5.24. The molecule has 3 nitrogen and oxygen atoms in total. The monoisotopic (exact) mass is 324 g/mol. The molecule has 2 rings (SSSR count). The maximum Gasteiger partial charge on any atom is 0.170 e. The fourth-order valence-electron chi connectivity index (χ4n) is 2.47. The van der Waals surface area contributed by atoms with Gasteiger partial charge in [-0.3, -0.25) is 0 Å². The van der Waals surface area contributed by atoms with Crippen LogP contribution in [0.2, 0.25) is 0 Å². The highest BCUT2D eigenvalue weighted by atomic mass is 32.2. The predicted octanol–water partition coefficient (Wildman–Crippen LogP) is 4.05. The van der Waals surface area contributed by atoms with Crippen molar-refractivity contribution in [1.29, 1.82) is 0 Å². The molecule has 0 saturated heterocycles. The molecule has 0 spiro atoms. The molecule has 1 aromatic carbocycles. The van der Waals surface area contributed by atoms with Crippen molar-refractivity contribution >= 4 is 34.8 Å². The number of hydrogen-bond acceptors (Lipinski definition) is 3. The molecule has 1 saturated carbocycles. The summed E-state index contributed by atoms with van der Waals surface area (Å²) in [5.74, 6) is 1.97. The lowest BCUT2D eigenvalue weighted by Gasteiger charge is -2.21. The number of thiocarbonyl (C=S) groups is 1. The van der Waals surface area contributed by atoms with Gasteiger partial charge in [0.2, 0.25) is 0 Å². The third-order valence-electron chi connectivity index (χ3n) is 3.64. The first-order valence-corrected chi connectivity index (χ1v) is 9.04. The molecule has 0 aromatic heterocycles. The van der Waals surface area contributed by atoms with Crippen molar-refractivity contribution in [3.63, 3.8) is 0 Å². The van der Waals surface area contributed by atoms with Gasteiger partial charge in [0.25, 0.3) is 0 Å². The topological polar surface area (TPSA) is 33.3 Å². The summed E-state index contributed by atoms with van der Waals surface area (Å²) in [5.41, 5.74) is 0.980. The van der Waals surface area contributed by atoms with Gasteiger partial charge in [-0.15, -0.1) is 0 Å². The van der Waals surface area contributed by atoms with Crippen LogP contribution in [0.3, 0.4) is 0 Å². The van der Waals surface area contributed by atoms with Gasteiger partial charge in [-0.1, -0.05) is 19.3 Å². The molecule has 1 aromatic rings. The van der Waals surface area contributed by atoms with Gasteiger partial charge in [-0.25, -0.2) is 0 Å². The van der Waals surface area contributed by atoms with Gasteiger partial charge in [-0.2, -0.15) is 11.8 Å². The van der Waals surface area contributed by atoms with Crippen molar-refractivity contribution in [2.75, 3.05) is 24.7 Å². The molecule has 1 aliphatic carbocycles. The lowest BCUT2D eigenvalue weighted by Crippen LogP contribution is -2.30. The zero-order chi connectivity index (χ0) is 14.9. The summed E-state index contributed by atoms with van der Waals surface area (Å²) in [6, 6.07) is 7.76. The molecule has 1 fully saturated rings. The van der Waals surface area contributed by atoms with Crippen molar-refractivity contribution in [3.05, 3.63) is 24.3 Å². The summed E-state index contributed by atoms with van der Waals surface area (Å²) in [6.45, 7) is 0.920. The molecule has 2 N–H and O–H groups in total. The van der Waals surface area contributed by atoms with Gasteiger partial charge >= 0.3 is 0 Å². The van der Waals surface area contributed by atoms with E-state index in [0.29, 0.717) is 5.11 Å². The Balaban J connectivity index is 1.60. The first-order chi connectivity index (χ1) is 10.3. The van der Waals surface area contributed by atoms with E-state index in [1.807, 2.05) is 24.3 Å². The second kappa shape index (κ2) is 9.15. The van der Waals surface area contributed by atoms with Crippen LogP contribution in [-0.4, -0.2) is 29.8 Å². The minimum Gasteiger partial charge on any atom is -0.497 e. The first-order valence-electron chi connectivity index (χ1n) is 7.58. The maximum atomic E-state index is 5.30. The van der Waals surface area contributed by atoms with Crippen LogP contribution in [0.4, 0.5) is 5.69 Å². The van der Waals surface area contributed by atoms with Crippen LogP contribution in [0.15, 0.2) is 24.3 Å². The van der Waals surface area contributed by atoms with E-state index in [-0.39, 0.29) is 0 Å². The van der Waals surface area contributed by atoms with E-state index in [9.17, 15) is 0 Å². The first kappa shape index (κ1) is 16.4. The van der Waals surface area contributed by atoms with Crippen LogP contribution in [0.1, 0.15) is 32.1 Å². The Morgan fingerprint density at radius 1 is 1.24 bits per heavy atom. The number of rotatable bonds is 6. The molecule has 0 heterocycles. The SMILES string of the molecule is COc1ccc(NC(=S)NCCSC2CCCCC2)cc1.